The molecular formula is C23H16F2O4. The van der Waals surface area contributed by atoms with Crippen molar-refractivity contribution in [2.24, 2.45) is 0 Å². The molecule has 0 aliphatic carbocycles. The summed E-state index contributed by atoms with van der Waals surface area (Å²) in [5.41, 5.74) is 2.02. The van der Waals surface area contributed by atoms with Gasteiger partial charge < -0.3 is 13.9 Å². The van der Waals surface area contributed by atoms with Crippen LogP contribution < -0.4 is 14.9 Å². The van der Waals surface area contributed by atoms with Gasteiger partial charge in [-0.3, -0.25) is 4.79 Å². The Morgan fingerprint density at radius 2 is 1.62 bits per heavy atom. The largest absolute Gasteiger partial charge is 0.489 e. The summed E-state index contributed by atoms with van der Waals surface area (Å²) in [5.74, 6) is 0.611. The number of rotatable bonds is 6. The molecule has 146 valence electrons. The van der Waals surface area contributed by atoms with Crippen molar-refractivity contribution >= 4 is 11.0 Å². The zero-order chi connectivity index (χ0) is 20.2. The van der Waals surface area contributed by atoms with Crippen LogP contribution in [0.4, 0.5) is 8.78 Å². The Kier molecular flexibility index (Phi) is 5.24. The molecular weight excluding hydrogens is 378 g/mol. The lowest BCUT2D eigenvalue weighted by atomic mass is 10.1. The van der Waals surface area contributed by atoms with E-state index in [1.165, 1.54) is 24.5 Å². The van der Waals surface area contributed by atoms with Gasteiger partial charge >= 0.3 is 6.61 Å². The fourth-order valence-corrected chi connectivity index (χ4v) is 2.96. The summed E-state index contributed by atoms with van der Waals surface area (Å²) < 4.78 is 40.3. The maximum atomic E-state index is 12.8. The van der Waals surface area contributed by atoms with E-state index in [0.717, 1.165) is 5.56 Å². The third kappa shape index (κ3) is 4.27. The Balaban J connectivity index is 1.56. The van der Waals surface area contributed by atoms with Crippen molar-refractivity contribution in [2.75, 3.05) is 0 Å². The molecule has 29 heavy (non-hydrogen) atoms. The van der Waals surface area contributed by atoms with Gasteiger partial charge in [-0.15, -0.1) is 0 Å². The molecule has 0 unspecified atom stereocenters. The van der Waals surface area contributed by atoms with E-state index in [-0.39, 0.29) is 22.1 Å². The van der Waals surface area contributed by atoms with Crippen LogP contribution in [-0.4, -0.2) is 6.61 Å². The highest BCUT2D eigenvalue weighted by atomic mass is 19.3. The van der Waals surface area contributed by atoms with Crippen LogP contribution >= 0.6 is 0 Å². The smallest absolute Gasteiger partial charge is 0.387 e. The van der Waals surface area contributed by atoms with E-state index in [9.17, 15) is 13.6 Å². The molecule has 0 bridgehead atoms. The van der Waals surface area contributed by atoms with Gasteiger partial charge in [-0.2, -0.15) is 8.78 Å². The molecule has 0 N–H and O–H groups in total. The predicted octanol–water partition coefficient (Wildman–Crippen LogP) is 5.64. The molecule has 0 aliphatic rings. The Morgan fingerprint density at radius 3 is 2.34 bits per heavy atom. The molecule has 1 heterocycles. The Hall–Kier alpha value is -3.67. The zero-order valence-electron chi connectivity index (χ0n) is 15.2. The van der Waals surface area contributed by atoms with Gasteiger partial charge in [-0.1, -0.05) is 42.5 Å². The number of fused-ring (bicyclic) bond motifs is 1. The van der Waals surface area contributed by atoms with Crippen LogP contribution in [0.5, 0.6) is 11.5 Å². The first-order valence-electron chi connectivity index (χ1n) is 8.88. The van der Waals surface area contributed by atoms with E-state index in [0.29, 0.717) is 23.5 Å². The van der Waals surface area contributed by atoms with E-state index in [1.807, 2.05) is 30.3 Å². The summed E-state index contributed by atoms with van der Waals surface area (Å²) in [6.07, 6.45) is 1.32. The van der Waals surface area contributed by atoms with Gasteiger partial charge in [0.2, 0.25) is 0 Å². The molecule has 4 rings (SSSR count). The van der Waals surface area contributed by atoms with Crippen molar-refractivity contribution in [1.82, 2.24) is 0 Å². The minimum atomic E-state index is -2.94. The Bertz CT molecular complexity index is 1170. The summed E-state index contributed by atoms with van der Waals surface area (Å²) in [6.45, 7) is -2.50. The molecule has 4 nitrogen and oxygen atoms in total. The standard InChI is InChI=1S/C23H16F2O4/c24-23(25)29-18-10-11-19-21(12-18)28-14-20(22(19)26)16-6-8-17(9-7-16)27-13-15-4-2-1-3-5-15/h1-12,14,23H,13H2. The minimum Gasteiger partial charge on any atom is -0.489 e. The first-order chi connectivity index (χ1) is 14.1. The molecule has 0 saturated heterocycles. The molecule has 0 radical (unpaired) electrons. The SMILES string of the molecule is O=c1c(-c2ccc(OCc3ccccc3)cc2)coc2cc(OC(F)F)ccc12. The lowest BCUT2D eigenvalue weighted by Gasteiger charge is -2.08. The monoisotopic (exact) mass is 394 g/mol. The topological polar surface area (TPSA) is 48.7 Å². The van der Waals surface area contributed by atoms with Crippen molar-refractivity contribution in [3.8, 4) is 22.6 Å². The number of benzene rings is 3. The number of halogens is 2. The van der Waals surface area contributed by atoms with Gasteiger partial charge in [0.25, 0.3) is 0 Å². The van der Waals surface area contributed by atoms with E-state index in [4.69, 9.17) is 9.15 Å². The minimum absolute atomic E-state index is 0.0664. The summed E-state index contributed by atoms with van der Waals surface area (Å²) in [7, 11) is 0. The predicted molar refractivity (Wildman–Crippen MR) is 105 cm³/mol. The molecule has 6 heteroatoms. The maximum absolute atomic E-state index is 12.8. The molecule has 1 aromatic heterocycles. The van der Waals surface area contributed by atoms with Crippen LogP contribution in [0.2, 0.25) is 0 Å². The highest BCUT2D eigenvalue weighted by Gasteiger charge is 2.12. The molecule has 0 aliphatic heterocycles. The second kappa shape index (κ2) is 8.14. The third-order valence-corrected chi connectivity index (χ3v) is 4.38. The normalized spacial score (nSPS) is 11.0. The second-order valence-electron chi connectivity index (χ2n) is 6.31. The zero-order valence-corrected chi connectivity index (χ0v) is 15.2. The summed E-state index contributed by atoms with van der Waals surface area (Å²) in [6, 6.07) is 20.9. The lowest BCUT2D eigenvalue weighted by Crippen LogP contribution is -2.06. The highest BCUT2D eigenvalue weighted by molar-refractivity contribution is 5.82. The molecule has 0 amide bonds. The average molecular weight is 394 g/mol. The van der Waals surface area contributed by atoms with Crippen molar-refractivity contribution in [1.29, 1.82) is 0 Å². The van der Waals surface area contributed by atoms with Gasteiger partial charge in [0, 0.05) is 6.07 Å². The van der Waals surface area contributed by atoms with Crippen LogP contribution in [0, 0.1) is 0 Å². The van der Waals surface area contributed by atoms with Crippen molar-refractivity contribution < 1.29 is 22.7 Å². The highest BCUT2D eigenvalue weighted by Crippen LogP contribution is 2.25. The van der Waals surface area contributed by atoms with E-state index in [1.54, 1.807) is 24.3 Å². The average Bonchev–Trinajstić information content (AvgIpc) is 2.73. The number of alkyl halides is 2. The first-order valence-corrected chi connectivity index (χ1v) is 8.88. The summed E-state index contributed by atoms with van der Waals surface area (Å²) >= 11 is 0. The van der Waals surface area contributed by atoms with Crippen LogP contribution in [0.1, 0.15) is 5.56 Å². The quantitative estimate of drug-likeness (QED) is 0.425. The van der Waals surface area contributed by atoms with Gasteiger partial charge in [-0.25, -0.2) is 0 Å². The van der Waals surface area contributed by atoms with Gasteiger partial charge in [0.15, 0.2) is 5.43 Å². The fourth-order valence-electron chi connectivity index (χ4n) is 2.96. The first kappa shape index (κ1) is 18.7. The third-order valence-electron chi connectivity index (χ3n) is 4.38. The Morgan fingerprint density at radius 1 is 0.897 bits per heavy atom. The Labute approximate surface area is 164 Å². The van der Waals surface area contributed by atoms with Crippen molar-refractivity contribution in [3.05, 3.63) is 94.8 Å². The lowest BCUT2D eigenvalue weighted by molar-refractivity contribution is -0.0497. The molecule has 3 aromatic carbocycles. The number of ether oxygens (including phenoxy) is 2. The number of hydrogen-bond donors (Lipinski definition) is 0. The summed E-state index contributed by atoms with van der Waals surface area (Å²) in [5, 5.41) is 0.286. The molecule has 0 fully saturated rings. The van der Waals surface area contributed by atoms with Gasteiger partial charge in [0.1, 0.15) is 30.0 Å². The fraction of sp³-hybridized carbons (Fsp3) is 0.0870. The van der Waals surface area contributed by atoms with Gasteiger partial charge in [0.05, 0.1) is 10.9 Å². The van der Waals surface area contributed by atoms with Crippen molar-refractivity contribution in [3.63, 3.8) is 0 Å². The van der Waals surface area contributed by atoms with Crippen LogP contribution in [-0.2, 0) is 6.61 Å². The van der Waals surface area contributed by atoms with Crippen LogP contribution in [0.3, 0.4) is 0 Å². The van der Waals surface area contributed by atoms with Crippen molar-refractivity contribution in [2.45, 2.75) is 13.2 Å². The maximum Gasteiger partial charge on any atom is 0.387 e. The molecule has 0 spiro atoms. The summed E-state index contributed by atoms with van der Waals surface area (Å²) in [4.78, 5) is 12.8. The van der Waals surface area contributed by atoms with Gasteiger partial charge in [-0.05, 0) is 35.4 Å². The molecule has 0 atom stereocenters. The molecule has 4 aromatic rings. The van der Waals surface area contributed by atoms with Crippen LogP contribution in [0.15, 0.2) is 88.3 Å². The number of hydrogen-bond acceptors (Lipinski definition) is 4. The van der Waals surface area contributed by atoms with E-state index >= 15 is 0 Å². The van der Waals surface area contributed by atoms with E-state index < -0.39 is 6.61 Å². The second-order valence-corrected chi connectivity index (χ2v) is 6.31. The molecule has 0 saturated carbocycles. The van der Waals surface area contributed by atoms with E-state index in [2.05, 4.69) is 4.74 Å². The van der Waals surface area contributed by atoms with Crippen LogP contribution in [0.25, 0.3) is 22.1 Å².